The highest BCUT2D eigenvalue weighted by atomic mass is 19.4. The zero-order valence-electron chi connectivity index (χ0n) is 12.2. The summed E-state index contributed by atoms with van der Waals surface area (Å²) in [6.45, 7) is 1.49. The van der Waals surface area contributed by atoms with Crippen molar-refractivity contribution in [1.29, 1.82) is 0 Å². The van der Waals surface area contributed by atoms with E-state index < -0.39 is 30.5 Å². The minimum Gasteiger partial charge on any atom is -0.507 e. The van der Waals surface area contributed by atoms with E-state index in [0.29, 0.717) is 6.42 Å². The number of alkyl halides is 3. The number of carbonyl (C=O) groups excluding carboxylic acids is 1. The van der Waals surface area contributed by atoms with Gasteiger partial charge in [-0.15, -0.1) is 0 Å². The Bertz CT molecular complexity index is 564. The Labute approximate surface area is 126 Å². The number of piperidine rings is 1. The fraction of sp³-hybridized carbons (Fsp3) is 0.533. The Balaban J connectivity index is 2.13. The quantitative estimate of drug-likeness (QED) is 0.881. The second-order valence-electron chi connectivity index (χ2n) is 5.53. The number of rotatable bonds is 2. The number of aryl methyl sites for hydroxylation is 1. The smallest absolute Gasteiger partial charge is 0.417 e. The van der Waals surface area contributed by atoms with Crippen LogP contribution in [0.25, 0.3) is 0 Å². The molecule has 1 amide bonds. The zero-order valence-corrected chi connectivity index (χ0v) is 12.2. The monoisotopic (exact) mass is 317 g/mol. The van der Waals surface area contributed by atoms with Crippen LogP contribution in [0.3, 0.4) is 0 Å². The Morgan fingerprint density at radius 1 is 1.32 bits per heavy atom. The first kappa shape index (κ1) is 16.6. The van der Waals surface area contributed by atoms with Crippen LogP contribution in [0.2, 0.25) is 0 Å². The van der Waals surface area contributed by atoms with E-state index >= 15 is 0 Å². The van der Waals surface area contributed by atoms with Crippen LogP contribution in [0.1, 0.15) is 35.7 Å². The molecule has 1 heterocycles. The number of halogens is 3. The first-order valence-corrected chi connectivity index (χ1v) is 7.08. The highest BCUT2D eigenvalue weighted by Gasteiger charge is 2.54. The number of aliphatic hydroxyl groups is 1. The minimum absolute atomic E-state index is 0.0804. The molecule has 1 aliphatic rings. The Kier molecular flexibility index (Phi) is 4.37. The Morgan fingerprint density at radius 2 is 1.91 bits per heavy atom. The summed E-state index contributed by atoms with van der Waals surface area (Å²) in [5.41, 5.74) is -1.81. The summed E-state index contributed by atoms with van der Waals surface area (Å²) in [6, 6.07) is 4.63. The van der Waals surface area contributed by atoms with Gasteiger partial charge >= 0.3 is 6.18 Å². The van der Waals surface area contributed by atoms with Gasteiger partial charge in [-0.1, -0.05) is 13.0 Å². The van der Waals surface area contributed by atoms with Gasteiger partial charge in [-0.3, -0.25) is 4.79 Å². The number of hydrogen-bond acceptors (Lipinski definition) is 3. The molecule has 1 fully saturated rings. The third kappa shape index (κ3) is 3.04. The van der Waals surface area contributed by atoms with Crippen LogP contribution in [0.4, 0.5) is 13.2 Å². The van der Waals surface area contributed by atoms with Crippen molar-refractivity contribution in [3.63, 3.8) is 0 Å². The summed E-state index contributed by atoms with van der Waals surface area (Å²) in [6.07, 6.45) is -5.15. The highest BCUT2D eigenvalue weighted by molar-refractivity contribution is 5.97. The van der Waals surface area contributed by atoms with Crippen LogP contribution in [0.5, 0.6) is 5.75 Å². The topological polar surface area (TPSA) is 60.8 Å². The molecule has 0 saturated carbocycles. The first-order valence-electron chi connectivity index (χ1n) is 7.08. The van der Waals surface area contributed by atoms with Crippen LogP contribution < -0.4 is 0 Å². The molecule has 0 radical (unpaired) electrons. The molecule has 1 aromatic rings. The SMILES string of the molecule is CCc1ccc(O)c(C(=O)N2CCC(O)(C(F)(F)F)CC2)c1. The molecule has 0 atom stereocenters. The molecule has 122 valence electrons. The number of phenolic OH excluding ortho intramolecular Hbond substituents is 1. The molecule has 0 aliphatic carbocycles. The maximum absolute atomic E-state index is 12.7. The molecular formula is C15H18F3NO3. The van der Waals surface area contributed by atoms with Crippen molar-refractivity contribution in [2.24, 2.45) is 0 Å². The van der Waals surface area contributed by atoms with E-state index in [1.165, 1.54) is 11.0 Å². The summed E-state index contributed by atoms with van der Waals surface area (Å²) in [7, 11) is 0. The van der Waals surface area contributed by atoms with Gasteiger partial charge in [-0.25, -0.2) is 0 Å². The maximum Gasteiger partial charge on any atom is 0.417 e. The largest absolute Gasteiger partial charge is 0.507 e. The molecule has 1 aliphatic heterocycles. The molecule has 1 aromatic carbocycles. The van der Waals surface area contributed by atoms with Crippen molar-refractivity contribution in [3.8, 4) is 5.75 Å². The number of carbonyl (C=O) groups is 1. The van der Waals surface area contributed by atoms with Gasteiger partial charge in [-0.2, -0.15) is 13.2 Å². The van der Waals surface area contributed by atoms with Crippen molar-refractivity contribution in [3.05, 3.63) is 29.3 Å². The fourth-order valence-corrected chi connectivity index (χ4v) is 2.51. The first-order chi connectivity index (χ1) is 10.2. The van der Waals surface area contributed by atoms with E-state index in [9.17, 15) is 28.2 Å². The molecule has 7 heteroatoms. The lowest BCUT2D eigenvalue weighted by molar-refractivity contribution is -0.271. The Morgan fingerprint density at radius 3 is 2.41 bits per heavy atom. The molecule has 1 saturated heterocycles. The summed E-state index contributed by atoms with van der Waals surface area (Å²) in [5.74, 6) is -0.712. The summed E-state index contributed by atoms with van der Waals surface area (Å²) in [5, 5.41) is 19.4. The molecule has 4 nitrogen and oxygen atoms in total. The van der Waals surface area contributed by atoms with Gasteiger partial charge in [0.25, 0.3) is 5.91 Å². The fourth-order valence-electron chi connectivity index (χ4n) is 2.51. The van der Waals surface area contributed by atoms with E-state index in [-0.39, 0.29) is 24.4 Å². The predicted molar refractivity (Wildman–Crippen MR) is 73.6 cm³/mol. The summed E-state index contributed by atoms with van der Waals surface area (Å²) >= 11 is 0. The standard InChI is InChI=1S/C15H18F3NO3/c1-2-10-3-4-12(20)11(9-10)13(21)19-7-5-14(22,6-8-19)15(16,17)18/h3-4,9,20,22H,2,5-8H2,1H3. The van der Waals surface area contributed by atoms with Crippen molar-refractivity contribution in [2.45, 2.75) is 38.0 Å². The van der Waals surface area contributed by atoms with Gasteiger partial charge in [-0.05, 0) is 24.1 Å². The Hall–Kier alpha value is -1.76. The number of benzene rings is 1. The van der Waals surface area contributed by atoms with Crippen molar-refractivity contribution in [2.75, 3.05) is 13.1 Å². The van der Waals surface area contributed by atoms with Crippen LogP contribution in [-0.4, -0.2) is 45.9 Å². The van der Waals surface area contributed by atoms with E-state index in [1.807, 2.05) is 6.92 Å². The summed E-state index contributed by atoms with van der Waals surface area (Å²) < 4.78 is 38.2. The summed E-state index contributed by atoms with van der Waals surface area (Å²) in [4.78, 5) is 13.6. The maximum atomic E-state index is 12.7. The van der Waals surface area contributed by atoms with E-state index in [0.717, 1.165) is 5.56 Å². The molecule has 22 heavy (non-hydrogen) atoms. The predicted octanol–water partition coefficient (Wildman–Crippen LogP) is 2.48. The number of likely N-dealkylation sites (tertiary alicyclic amines) is 1. The van der Waals surface area contributed by atoms with Crippen LogP contribution in [0, 0.1) is 0 Å². The third-order valence-electron chi connectivity index (χ3n) is 4.11. The molecule has 2 rings (SSSR count). The normalized spacial score (nSPS) is 18.3. The third-order valence-corrected chi connectivity index (χ3v) is 4.11. The molecule has 0 spiro atoms. The van der Waals surface area contributed by atoms with Crippen molar-refractivity contribution < 1.29 is 28.2 Å². The number of amides is 1. The minimum atomic E-state index is -4.70. The van der Waals surface area contributed by atoms with E-state index in [1.54, 1.807) is 12.1 Å². The lowest BCUT2D eigenvalue weighted by Gasteiger charge is -2.39. The van der Waals surface area contributed by atoms with E-state index in [4.69, 9.17) is 0 Å². The van der Waals surface area contributed by atoms with Gasteiger partial charge < -0.3 is 15.1 Å². The average Bonchev–Trinajstić information content (AvgIpc) is 2.47. The van der Waals surface area contributed by atoms with Crippen molar-refractivity contribution in [1.82, 2.24) is 4.90 Å². The number of hydrogen-bond donors (Lipinski definition) is 2. The molecular weight excluding hydrogens is 299 g/mol. The highest BCUT2D eigenvalue weighted by Crippen LogP contribution is 2.38. The van der Waals surface area contributed by atoms with Gasteiger partial charge in [0.2, 0.25) is 0 Å². The van der Waals surface area contributed by atoms with Gasteiger partial charge in [0, 0.05) is 25.9 Å². The molecule has 2 N–H and O–H groups in total. The van der Waals surface area contributed by atoms with E-state index in [2.05, 4.69) is 0 Å². The zero-order chi connectivity index (χ0) is 16.5. The van der Waals surface area contributed by atoms with Gasteiger partial charge in [0.15, 0.2) is 5.60 Å². The lowest BCUT2D eigenvalue weighted by Crippen LogP contribution is -2.54. The van der Waals surface area contributed by atoms with Gasteiger partial charge in [0.05, 0.1) is 5.56 Å². The average molecular weight is 317 g/mol. The number of nitrogens with zero attached hydrogens (tertiary/aromatic N) is 1. The molecule has 0 unspecified atom stereocenters. The lowest BCUT2D eigenvalue weighted by atomic mass is 9.90. The number of aromatic hydroxyl groups is 1. The van der Waals surface area contributed by atoms with Crippen LogP contribution >= 0.6 is 0 Å². The second kappa shape index (κ2) is 5.79. The molecule has 0 bridgehead atoms. The van der Waals surface area contributed by atoms with Crippen molar-refractivity contribution >= 4 is 5.91 Å². The second-order valence-corrected chi connectivity index (χ2v) is 5.53. The van der Waals surface area contributed by atoms with Gasteiger partial charge in [0.1, 0.15) is 5.75 Å². The number of phenols is 1. The van der Waals surface area contributed by atoms with Crippen LogP contribution in [-0.2, 0) is 6.42 Å². The molecule has 0 aromatic heterocycles. The van der Waals surface area contributed by atoms with Crippen LogP contribution in [0.15, 0.2) is 18.2 Å².